The molecule has 0 aliphatic carbocycles. The molecule has 0 aromatic heterocycles. The predicted octanol–water partition coefficient (Wildman–Crippen LogP) is 3.46. The van der Waals surface area contributed by atoms with Crippen LogP contribution in [0.4, 0.5) is 5.69 Å². The van der Waals surface area contributed by atoms with Crippen LogP contribution in [-0.2, 0) is 4.79 Å². The highest BCUT2D eigenvalue weighted by Crippen LogP contribution is 2.26. The maximum atomic E-state index is 12.0. The molecule has 0 N–H and O–H groups in total. The van der Waals surface area contributed by atoms with E-state index in [0.717, 1.165) is 11.3 Å². The van der Waals surface area contributed by atoms with E-state index in [4.69, 9.17) is 0 Å². The zero-order valence-electron chi connectivity index (χ0n) is 12.1. The lowest BCUT2D eigenvalue weighted by Crippen LogP contribution is -2.28. The van der Waals surface area contributed by atoms with Gasteiger partial charge in [-0.1, -0.05) is 59.8 Å². The minimum Gasteiger partial charge on any atom is -0.273 e. The van der Waals surface area contributed by atoms with Crippen LogP contribution in [0.2, 0.25) is 0 Å². The minimum atomic E-state index is 0.0282. The molecule has 2 aromatic carbocycles. The molecular weight excluding hydrogens is 294 g/mol. The molecule has 1 amide bonds. The summed E-state index contributed by atoms with van der Waals surface area (Å²) >= 11 is 1.40. The van der Waals surface area contributed by atoms with Crippen LogP contribution in [0.5, 0.6) is 0 Å². The summed E-state index contributed by atoms with van der Waals surface area (Å²) in [5, 5.41) is 8.93. The molecule has 1 aliphatic rings. The van der Waals surface area contributed by atoms with Crippen molar-refractivity contribution in [3.05, 3.63) is 65.7 Å². The van der Waals surface area contributed by atoms with Crippen molar-refractivity contribution in [1.82, 2.24) is 0 Å². The number of carbonyl (C=O) groups is 1. The van der Waals surface area contributed by atoms with Gasteiger partial charge in [-0.15, -0.1) is 5.10 Å². The van der Waals surface area contributed by atoms with Crippen molar-refractivity contribution in [2.75, 3.05) is 10.7 Å². The van der Waals surface area contributed by atoms with Gasteiger partial charge in [-0.2, -0.15) is 5.10 Å². The Morgan fingerprint density at radius 3 is 2.55 bits per heavy atom. The molecule has 0 unspecified atom stereocenters. The van der Waals surface area contributed by atoms with Crippen molar-refractivity contribution in [1.29, 1.82) is 0 Å². The quantitative estimate of drug-likeness (QED) is 0.644. The van der Waals surface area contributed by atoms with Gasteiger partial charge in [-0.3, -0.25) is 9.69 Å². The summed E-state index contributed by atoms with van der Waals surface area (Å²) in [5.41, 5.74) is 3.01. The molecule has 22 heavy (non-hydrogen) atoms. The van der Waals surface area contributed by atoms with Gasteiger partial charge in [0.15, 0.2) is 5.17 Å². The second-order valence-corrected chi connectivity index (χ2v) is 5.83. The first-order chi connectivity index (χ1) is 10.7. The molecule has 0 bridgehead atoms. The van der Waals surface area contributed by atoms with Gasteiger partial charge in [0.1, 0.15) is 0 Å². The predicted molar refractivity (Wildman–Crippen MR) is 92.6 cm³/mol. The van der Waals surface area contributed by atoms with Crippen LogP contribution in [0.25, 0.3) is 0 Å². The Hall–Kier alpha value is -2.40. The second kappa shape index (κ2) is 6.58. The van der Waals surface area contributed by atoms with E-state index in [-0.39, 0.29) is 5.91 Å². The molecule has 0 radical (unpaired) electrons. The Bertz CT molecular complexity index is 723. The van der Waals surface area contributed by atoms with E-state index >= 15 is 0 Å². The molecular formula is C17H15N3OS. The Kier molecular flexibility index (Phi) is 4.34. The monoisotopic (exact) mass is 309 g/mol. The number of amidine groups is 1. The highest BCUT2D eigenvalue weighted by molar-refractivity contribution is 8.15. The van der Waals surface area contributed by atoms with E-state index < -0.39 is 0 Å². The number of benzene rings is 2. The zero-order valence-corrected chi connectivity index (χ0v) is 13.0. The molecule has 0 spiro atoms. The third-order valence-electron chi connectivity index (χ3n) is 3.21. The molecule has 5 heteroatoms. The highest BCUT2D eigenvalue weighted by Gasteiger charge is 2.29. The fraction of sp³-hybridized carbons (Fsp3) is 0.118. The standard InChI is InChI=1S/C17H15N3OS/c1-13-7-9-14(10-8-13)11-18-19-17-20(16(21)12-22-17)15-5-3-2-4-6-15/h2-11H,12H2,1H3/b18-11-,19-17-. The van der Waals surface area contributed by atoms with Crippen molar-refractivity contribution in [3.63, 3.8) is 0 Å². The molecule has 1 saturated heterocycles. The van der Waals surface area contributed by atoms with E-state index in [1.165, 1.54) is 17.3 Å². The van der Waals surface area contributed by atoms with Gasteiger partial charge in [0, 0.05) is 0 Å². The smallest absolute Gasteiger partial charge is 0.243 e. The Balaban J connectivity index is 1.80. The van der Waals surface area contributed by atoms with Crippen LogP contribution < -0.4 is 4.90 Å². The number of hydrogen-bond acceptors (Lipinski definition) is 4. The first kappa shape index (κ1) is 14.5. The van der Waals surface area contributed by atoms with E-state index in [9.17, 15) is 4.79 Å². The molecule has 4 nitrogen and oxygen atoms in total. The Morgan fingerprint density at radius 2 is 1.82 bits per heavy atom. The lowest BCUT2D eigenvalue weighted by atomic mass is 10.2. The van der Waals surface area contributed by atoms with Gasteiger partial charge < -0.3 is 0 Å². The molecule has 1 fully saturated rings. The summed E-state index contributed by atoms with van der Waals surface area (Å²) in [5.74, 6) is 0.425. The van der Waals surface area contributed by atoms with Crippen LogP contribution in [0.1, 0.15) is 11.1 Å². The molecule has 1 aliphatic heterocycles. The largest absolute Gasteiger partial charge is 0.273 e. The number of anilines is 1. The average molecular weight is 309 g/mol. The summed E-state index contributed by atoms with van der Waals surface area (Å²) in [6.07, 6.45) is 1.69. The molecule has 0 saturated carbocycles. The Labute approximate surface area is 133 Å². The third-order valence-corrected chi connectivity index (χ3v) is 4.12. The molecule has 3 rings (SSSR count). The number of thioether (sulfide) groups is 1. The highest BCUT2D eigenvalue weighted by atomic mass is 32.2. The number of amides is 1. The van der Waals surface area contributed by atoms with Crippen molar-refractivity contribution in [2.24, 2.45) is 10.2 Å². The summed E-state index contributed by atoms with van der Waals surface area (Å²) < 4.78 is 0. The topological polar surface area (TPSA) is 45.0 Å². The number of aryl methyl sites for hydroxylation is 1. The summed E-state index contributed by atoms with van der Waals surface area (Å²) in [6, 6.07) is 17.5. The van der Waals surface area contributed by atoms with Gasteiger partial charge in [0.25, 0.3) is 0 Å². The van der Waals surface area contributed by atoms with Crippen molar-refractivity contribution in [2.45, 2.75) is 6.92 Å². The van der Waals surface area contributed by atoms with E-state index in [0.29, 0.717) is 10.9 Å². The molecule has 110 valence electrons. The van der Waals surface area contributed by atoms with Crippen molar-refractivity contribution in [3.8, 4) is 0 Å². The fourth-order valence-electron chi connectivity index (χ4n) is 2.06. The molecule has 0 atom stereocenters. The molecule has 2 aromatic rings. The summed E-state index contributed by atoms with van der Waals surface area (Å²) in [7, 11) is 0. The first-order valence-electron chi connectivity index (χ1n) is 6.92. The number of rotatable bonds is 3. The second-order valence-electron chi connectivity index (χ2n) is 4.89. The van der Waals surface area contributed by atoms with Crippen LogP contribution in [0.3, 0.4) is 0 Å². The number of hydrogen-bond donors (Lipinski definition) is 0. The number of carbonyl (C=O) groups excluding carboxylic acids is 1. The van der Waals surface area contributed by atoms with Crippen molar-refractivity contribution < 1.29 is 4.79 Å². The van der Waals surface area contributed by atoms with Gasteiger partial charge in [0.2, 0.25) is 5.91 Å². The van der Waals surface area contributed by atoms with Crippen LogP contribution in [0.15, 0.2) is 64.8 Å². The maximum Gasteiger partial charge on any atom is 0.243 e. The lowest BCUT2D eigenvalue weighted by molar-refractivity contribution is -0.115. The lowest BCUT2D eigenvalue weighted by Gasteiger charge is -2.14. The third kappa shape index (κ3) is 3.26. The summed E-state index contributed by atoms with van der Waals surface area (Å²) in [6.45, 7) is 2.04. The van der Waals surface area contributed by atoms with Gasteiger partial charge >= 0.3 is 0 Å². The van der Waals surface area contributed by atoms with Gasteiger partial charge in [0.05, 0.1) is 17.7 Å². The Morgan fingerprint density at radius 1 is 1.09 bits per heavy atom. The normalized spacial score (nSPS) is 16.9. The number of para-hydroxylation sites is 1. The summed E-state index contributed by atoms with van der Waals surface area (Å²) in [4.78, 5) is 13.6. The van der Waals surface area contributed by atoms with Gasteiger partial charge in [-0.05, 0) is 24.6 Å². The first-order valence-corrected chi connectivity index (χ1v) is 7.91. The van der Waals surface area contributed by atoms with Crippen LogP contribution in [-0.4, -0.2) is 23.0 Å². The SMILES string of the molecule is Cc1ccc(/C=N\N=C2/SCC(=O)N2c2ccccc2)cc1. The van der Waals surface area contributed by atoms with E-state index in [1.54, 1.807) is 11.1 Å². The van der Waals surface area contributed by atoms with Crippen LogP contribution in [0, 0.1) is 6.92 Å². The fourth-order valence-corrected chi connectivity index (χ4v) is 2.89. The minimum absolute atomic E-state index is 0.0282. The van der Waals surface area contributed by atoms with Gasteiger partial charge in [-0.25, -0.2) is 0 Å². The van der Waals surface area contributed by atoms with Crippen molar-refractivity contribution >= 4 is 34.7 Å². The van der Waals surface area contributed by atoms with Crippen LogP contribution >= 0.6 is 11.8 Å². The average Bonchev–Trinajstić information content (AvgIpc) is 2.91. The zero-order chi connectivity index (χ0) is 15.4. The number of nitrogens with zero attached hydrogens (tertiary/aromatic N) is 3. The maximum absolute atomic E-state index is 12.0. The van der Waals surface area contributed by atoms with E-state index in [2.05, 4.69) is 10.2 Å². The molecule has 1 heterocycles. The van der Waals surface area contributed by atoms with E-state index in [1.807, 2.05) is 61.5 Å².